The number of carboxylic acid groups (broad SMARTS) is 1. The van der Waals surface area contributed by atoms with Crippen molar-refractivity contribution in [3.63, 3.8) is 0 Å². The standard InChI is InChI=1S/C13H18N4O3S.C2HF3O2/c1-9(18)21-11-3-4-14-6-10(11)5-12-15-8-17(16-12)7-13(19)20-2;3-2(4,5)1(6)7/h5,8,11,14H,3-4,6-7H2,1-2H3;(H,6,7). The molecule has 28 heavy (non-hydrogen) atoms. The Labute approximate surface area is 162 Å². The average molecular weight is 424 g/mol. The molecule has 1 aliphatic rings. The number of hydrogen-bond acceptors (Lipinski definition) is 8. The van der Waals surface area contributed by atoms with Gasteiger partial charge in [0.2, 0.25) is 0 Å². The monoisotopic (exact) mass is 424 g/mol. The van der Waals surface area contributed by atoms with Crippen LogP contribution in [0.25, 0.3) is 6.08 Å². The van der Waals surface area contributed by atoms with Gasteiger partial charge >= 0.3 is 18.1 Å². The van der Waals surface area contributed by atoms with Gasteiger partial charge in [0, 0.05) is 18.7 Å². The van der Waals surface area contributed by atoms with Crippen molar-refractivity contribution in [2.45, 2.75) is 31.3 Å². The number of methoxy groups -OCH3 is 1. The molecule has 1 saturated heterocycles. The number of alkyl halides is 3. The van der Waals surface area contributed by atoms with Crippen molar-refractivity contribution in [3.05, 3.63) is 17.7 Å². The molecule has 1 aromatic heterocycles. The van der Waals surface area contributed by atoms with Gasteiger partial charge in [0.05, 0.1) is 7.11 Å². The van der Waals surface area contributed by atoms with E-state index in [1.165, 1.54) is 29.9 Å². The van der Waals surface area contributed by atoms with E-state index in [1.807, 2.05) is 6.08 Å². The fraction of sp³-hybridized carbons (Fsp3) is 0.533. The molecule has 0 aromatic carbocycles. The fourth-order valence-corrected chi connectivity index (χ4v) is 3.00. The van der Waals surface area contributed by atoms with Gasteiger partial charge in [-0.3, -0.25) is 9.59 Å². The minimum Gasteiger partial charge on any atom is -0.475 e. The maximum Gasteiger partial charge on any atom is 0.490 e. The number of piperidine rings is 1. The second kappa shape index (κ2) is 10.8. The summed E-state index contributed by atoms with van der Waals surface area (Å²) in [6.45, 7) is 3.23. The van der Waals surface area contributed by atoms with Crippen LogP contribution in [-0.2, 0) is 25.7 Å². The van der Waals surface area contributed by atoms with Gasteiger partial charge in [0.15, 0.2) is 10.9 Å². The number of nitrogens with one attached hydrogen (secondary N) is 1. The topological polar surface area (TPSA) is 123 Å². The number of nitrogens with zero attached hydrogens (tertiary/aromatic N) is 3. The SMILES string of the molecule is COC(=O)Cn1cnc(C=C2CNCCC2SC(C)=O)n1.O=C(O)C(F)(F)F. The summed E-state index contributed by atoms with van der Waals surface area (Å²) in [6, 6.07) is 0. The van der Waals surface area contributed by atoms with Crippen LogP contribution in [0, 0.1) is 0 Å². The van der Waals surface area contributed by atoms with E-state index in [9.17, 15) is 22.8 Å². The largest absolute Gasteiger partial charge is 0.490 e. The van der Waals surface area contributed by atoms with Crippen LogP contribution in [0.3, 0.4) is 0 Å². The van der Waals surface area contributed by atoms with E-state index in [-0.39, 0.29) is 22.9 Å². The van der Waals surface area contributed by atoms with E-state index in [4.69, 9.17) is 9.90 Å². The van der Waals surface area contributed by atoms with Crippen LogP contribution in [0.15, 0.2) is 11.9 Å². The van der Waals surface area contributed by atoms with Crippen molar-refractivity contribution >= 4 is 34.9 Å². The highest BCUT2D eigenvalue weighted by Gasteiger charge is 2.38. The third-order valence-corrected chi connectivity index (χ3v) is 4.42. The summed E-state index contributed by atoms with van der Waals surface area (Å²) in [4.78, 5) is 35.5. The predicted octanol–water partition coefficient (Wildman–Crippen LogP) is 1.11. The van der Waals surface area contributed by atoms with Gasteiger partial charge in [-0.25, -0.2) is 14.5 Å². The van der Waals surface area contributed by atoms with Crippen LogP contribution in [0.5, 0.6) is 0 Å². The molecule has 0 radical (unpaired) electrons. The first kappa shape index (κ1) is 23.6. The first-order valence-corrected chi connectivity index (χ1v) is 8.75. The number of esters is 1. The zero-order valence-electron chi connectivity index (χ0n) is 15.0. The van der Waals surface area contributed by atoms with E-state index in [0.717, 1.165) is 25.1 Å². The maximum absolute atomic E-state index is 11.3. The highest BCUT2D eigenvalue weighted by molar-refractivity contribution is 8.14. The molecule has 1 fully saturated rings. The van der Waals surface area contributed by atoms with E-state index in [1.54, 1.807) is 6.92 Å². The molecule has 1 aromatic rings. The molecule has 0 aliphatic carbocycles. The summed E-state index contributed by atoms with van der Waals surface area (Å²) in [5.74, 6) is -2.59. The lowest BCUT2D eigenvalue weighted by atomic mass is 10.1. The smallest absolute Gasteiger partial charge is 0.475 e. The zero-order valence-corrected chi connectivity index (χ0v) is 15.8. The molecule has 1 unspecified atom stereocenters. The van der Waals surface area contributed by atoms with Crippen molar-refractivity contribution in [1.29, 1.82) is 0 Å². The summed E-state index contributed by atoms with van der Waals surface area (Å²) < 4.78 is 37.7. The Morgan fingerprint density at radius 2 is 2.11 bits per heavy atom. The molecule has 13 heteroatoms. The molecule has 0 amide bonds. The van der Waals surface area contributed by atoms with E-state index in [2.05, 4.69) is 20.1 Å². The van der Waals surface area contributed by atoms with Crippen molar-refractivity contribution in [2.24, 2.45) is 0 Å². The third-order valence-electron chi connectivity index (χ3n) is 3.26. The highest BCUT2D eigenvalue weighted by atomic mass is 32.2. The lowest BCUT2D eigenvalue weighted by Crippen LogP contribution is -2.32. The number of carbonyl (C=O) groups excluding carboxylic acids is 2. The summed E-state index contributed by atoms with van der Waals surface area (Å²) >= 11 is 1.34. The lowest BCUT2D eigenvalue weighted by molar-refractivity contribution is -0.192. The van der Waals surface area contributed by atoms with Crippen molar-refractivity contribution in [2.75, 3.05) is 20.2 Å². The predicted molar refractivity (Wildman–Crippen MR) is 93.3 cm³/mol. The van der Waals surface area contributed by atoms with Crippen LogP contribution < -0.4 is 5.32 Å². The number of hydrogen-bond donors (Lipinski definition) is 2. The molecule has 2 N–H and O–H groups in total. The number of halogens is 3. The van der Waals surface area contributed by atoms with Crippen molar-refractivity contribution in [3.8, 4) is 0 Å². The number of ether oxygens (including phenoxy) is 1. The first-order valence-electron chi connectivity index (χ1n) is 7.87. The molecule has 9 nitrogen and oxygen atoms in total. The Morgan fingerprint density at radius 3 is 2.64 bits per heavy atom. The van der Waals surface area contributed by atoms with E-state index in [0.29, 0.717) is 5.82 Å². The third kappa shape index (κ3) is 8.52. The summed E-state index contributed by atoms with van der Waals surface area (Å²) in [5, 5.41) is 14.9. The van der Waals surface area contributed by atoms with Crippen LogP contribution >= 0.6 is 11.8 Å². The Balaban J connectivity index is 0.000000480. The molecule has 2 heterocycles. The number of carboxylic acids is 1. The molecule has 0 bridgehead atoms. The van der Waals surface area contributed by atoms with Gasteiger partial charge in [0.25, 0.3) is 0 Å². The minimum absolute atomic E-state index is 0.0382. The van der Waals surface area contributed by atoms with E-state index >= 15 is 0 Å². The van der Waals surface area contributed by atoms with Gasteiger partial charge in [-0.15, -0.1) is 0 Å². The summed E-state index contributed by atoms with van der Waals surface area (Å²) in [7, 11) is 1.33. The maximum atomic E-state index is 11.3. The van der Waals surface area contributed by atoms with Gasteiger partial charge < -0.3 is 15.2 Å². The number of carbonyl (C=O) groups is 3. The average Bonchev–Trinajstić information content (AvgIpc) is 3.02. The fourth-order valence-electron chi connectivity index (χ4n) is 2.06. The Morgan fingerprint density at radius 1 is 1.46 bits per heavy atom. The molecule has 1 atom stereocenters. The Kier molecular flexibility index (Phi) is 9.12. The zero-order chi connectivity index (χ0) is 21.3. The van der Waals surface area contributed by atoms with Crippen LogP contribution in [-0.4, -0.2) is 68.6 Å². The van der Waals surface area contributed by atoms with Crippen LogP contribution in [0.1, 0.15) is 19.2 Å². The van der Waals surface area contributed by atoms with Gasteiger partial charge in [0.1, 0.15) is 12.9 Å². The van der Waals surface area contributed by atoms with Gasteiger partial charge in [-0.1, -0.05) is 11.8 Å². The Hall–Kier alpha value is -2.41. The molecular formula is C15H19F3N4O5S. The Bertz CT molecular complexity index is 736. The van der Waals surface area contributed by atoms with E-state index < -0.39 is 12.1 Å². The normalized spacial score (nSPS) is 18.2. The molecule has 0 saturated carbocycles. The lowest BCUT2D eigenvalue weighted by Gasteiger charge is -2.24. The second-order valence-corrected chi connectivity index (χ2v) is 6.84. The molecule has 156 valence electrons. The molecule has 0 spiro atoms. The number of aromatic nitrogens is 3. The molecule has 2 rings (SSSR count). The van der Waals surface area contributed by atoms with Crippen LogP contribution in [0.2, 0.25) is 0 Å². The summed E-state index contributed by atoms with van der Waals surface area (Å²) in [5.41, 5.74) is 1.09. The first-order chi connectivity index (χ1) is 13.0. The quantitative estimate of drug-likeness (QED) is 0.684. The number of thioether (sulfide) groups is 1. The van der Waals surface area contributed by atoms with Crippen molar-refractivity contribution < 1.29 is 37.4 Å². The minimum atomic E-state index is -5.08. The van der Waals surface area contributed by atoms with Gasteiger partial charge in [-0.05, 0) is 24.6 Å². The highest BCUT2D eigenvalue weighted by Crippen LogP contribution is 2.26. The van der Waals surface area contributed by atoms with Crippen LogP contribution in [0.4, 0.5) is 13.2 Å². The molecular weight excluding hydrogens is 405 g/mol. The summed E-state index contributed by atoms with van der Waals surface area (Å²) in [6.07, 6.45) is -0.813. The second-order valence-electron chi connectivity index (χ2n) is 5.46. The van der Waals surface area contributed by atoms with Gasteiger partial charge in [-0.2, -0.15) is 18.3 Å². The number of rotatable bonds is 4. The van der Waals surface area contributed by atoms with Crippen molar-refractivity contribution in [1.82, 2.24) is 20.1 Å². The number of aliphatic carboxylic acids is 1. The molecule has 1 aliphatic heterocycles.